The number of carbonyl (C=O) groups is 2. The average Bonchev–Trinajstić information content (AvgIpc) is 2.70. The first kappa shape index (κ1) is 20.1. The number of halogens is 1. The summed E-state index contributed by atoms with van der Waals surface area (Å²) in [6, 6.07) is 14.3. The Balaban J connectivity index is 1.64. The number of carbonyl (C=O) groups excluding carboxylic acids is 2. The minimum atomic E-state index is -0.198. The Bertz CT molecular complexity index is 876. The highest BCUT2D eigenvalue weighted by atomic mass is 35.5. The Morgan fingerprint density at radius 3 is 2.46 bits per heavy atom. The van der Waals surface area contributed by atoms with E-state index in [2.05, 4.69) is 5.32 Å². The molecule has 0 bridgehead atoms. The summed E-state index contributed by atoms with van der Waals surface area (Å²) in [6.45, 7) is 5.43. The number of morpholine rings is 1. The molecule has 2 aromatic rings. The molecule has 0 aromatic heterocycles. The molecular weight excluding hydrogens is 376 g/mol. The van der Waals surface area contributed by atoms with Gasteiger partial charge in [0.2, 0.25) is 0 Å². The Labute approximate surface area is 169 Å². The van der Waals surface area contributed by atoms with Gasteiger partial charge in [-0.2, -0.15) is 0 Å². The molecule has 28 heavy (non-hydrogen) atoms. The maximum atomic E-state index is 12.6. The first-order chi connectivity index (χ1) is 13.4. The van der Waals surface area contributed by atoms with Gasteiger partial charge in [-0.25, -0.2) is 0 Å². The van der Waals surface area contributed by atoms with Crippen molar-refractivity contribution in [2.75, 3.05) is 25.1 Å². The van der Waals surface area contributed by atoms with E-state index in [1.807, 2.05) is 24.0 Å². The predicted molar refractivity (Wildman–Crippen MR) is 111 cm³/mol. The molecule has 1 heterocycles. The lowest BCUT2D eigenvalue weighted by Gasteiger charge is -2.33. The van der Waals surface area contributed by atoms with Gasteiger partial charge in [0, 0.05) is 28.4 Å². The van der Waals surface area contributed by atoms with Crippen molar-refractivity contribution in [2.24, 2.45) is 0 Å². The number of benzene rings is 2. The van der Waals surface area contributed by atoms with Crippen molar-refractivity contribution in [3.63, 3.8) is 0 Å². The minimum absolute atomic E-state index is 0.0208. The molecular formula is C22H23ClN2O3. The summed E-state index contributed by atoms with van der Waals surface area (Å²) < 4.78 is 5.38. The number of hydrogen-bond donors (Lipinski definition) is 1. The van der Waals surface area contributed by atoms with E-state index in [1.54, 1.807) is 49.4 Å². The SMILES string of the molecule is C/C(=C\c1ccc(Cl)cc1)C(=O)Nc1ccc(C(=O)N2CCOCC2C)cc1. The summed E-state index contributed by atoms with van der Waals surface area (Å²) >= 11 is 5.88. The zero-order valence-electron chi connectivity index (χ0n) is 15.9. The Morgan fingerprint density at radius 1 is 1.14 bits per heavy atom. The van der Waals surface area contributed by atoms with Crippen LogP contribution in [0.5, 0.6) is 0 Å². The van der Waals surface area contributed by atoms with E-state index >= 15 is 0 Å². The second kappa shape index (κ2) is 9.04. The van der Waals surface area contributed by atoms with Crippen LogP contribution in [0, 0.1) is 0 Å². The molecule has 0 saturated carbocycles. The number of hydrogen-bond acceptors (Lipinski definition) is 3. The monoisotopic (exact) mass is 398 g/mol. The van der Waals surface area contributed by atoms with Gasteiger partial charge in [-0.1, -0.05) is 23.7 Å². The van der Waals surface area contributed by atoms with E-state index in [-0.39, 0.29) is 17.9 Å². The standard InChI is InChI=1S/C22H23ClN2O3/c1-15(13-17-3-7-19(23)8-4-17)21(26)24-20-9-5-18(6-10-20)22(27)25-11-12-28-14-16(25)2/h3-10,13,16H,11-12,14H2,1-2H3,(H,24,26)/b15-13+. The maximum absolute atomic E-state index is 12.6. The molecule has 0 spiro atoms. The van der Waals surface area contributed by atoms with Crippen molar-refractivity contribution in [3.05, 3.63) is 70.3 Å². The molecule has 1 aliphatic heterocycles. The average molecular weight is 399 g/mol. The van der Waals surface area contributed by atoms with Crippen molar-refractivity contribution in [2.45, 2.75) is 19.9 Å². The third-order valence-electron chi connectivity index (χ3n) is 4.63. The third-order valence-corrected chi connectivity index (χ3v) is 4.88. The van der Waals surface area contributed by atoms with E-state index in [9.17, 15) is 9.59 Å². The number of anilines is 1. The quantitative estimate of drug-likeness (QED) is 0.783. The molecule has 0 aliphatic carbocycles. The maximum Gasteiger partial charge on any atom is 0.254 e. The number of nitrogens with one attached hydrogen (secondary N) is 1. The Hall–Kier alpha value is -2.63. The fraction of sp³-hybridized carbons (Fsp3) is 0.273. The van der Waals surface area contributed by atoms with Crippen molar-refractivity contribution < 1.29 is 14.3 Å². The first-order valence-electron chi connectivity index (χ1n) is 9.18. The van der Waals surface area contributed by atoms with Crippen LogP contribution in [-0.2, 0) is 9.53 Å². The highest BCUT2D eigenvalue weighted by molar-refractivity contribution is 6.30. The van der Waals surface area contributed by atoms with Gasteiger partial charge in [-0.3, -0.25) is 9.59 Å². The van der Waals surface area contributed by atoms with Crippen LogP contribution in [-0.4, -0.2) is 42.5 Å². The summed E-state index contributed by atoms with van der Waals surface area (Å²) in [7, 11) is 0. The van der Waals surface area contributed by atoms with Crippen LogP contribution in [0.4, 0.5) is 5.69 Å². The van der Waals surface area contributed by atoms with E-state index in [0.717, 1.165) is 5.56 Å². The van der Waals surface area contributed by atoms with E-state index in [1.165, 1.54) is 0 Å². The van der Waals surface area contributed by atoms with Crippen LogP contribution >= 0.6 is 11.6 Å². The van der Waals surface area contributed by atoms with Crippen LogP contribution in [0.2, 0.25) is 5.02 Å². The van der Waals surface area contributed by atoms with Gasteiger partial charge in [0.1, 0.15) is 0 Å². The molecule has 2 amide bonds. The van der Waals surface area contributed by atoms with Crippen molar-refractivity contribution in [3.8, 4) is 0 Å². The Kier molecular flexibility index (Phi) is 6.49. The number of nitrogens with zero attached hydrogens (tertiary/aromatic N) is 1. The van der Waals surface area contributed by atoms with E-state index in [4.69, 9.17) is 16.3 Å². The van der Waals surface area contributed by atoms with Crippen LogP contribution in [0.15, 0.2) is 54.1 Å². The van der Waals surface area contributed by atoms with Crippen molar-refractivity contribution in [1.82, 2.24) is 4.90 Å². The second-order valence-electron chi connectivity index (χ2n) is 6.83. The van der Waals surface area contributed by atoms with E-state index < -0.39 is 0 Å². The third kappa shape index (κ3) is 5.00. The smallest absolute Gasteiger partial charge is 0.254 e. The van der Waals surface area contributed by atoms with Crippen LogP contribution < -0.4 is 5.32 Å². The van der Waals surface area contributed by atoms with Gasteiger partial charge in [0.05, 0.1) is 19.3 Å². The zero-order valence-corrected chi connectivity index (χ0v) is 16.7. The van der Waals surface area contributed by atoms with Crippen LogP contribution in [0.1, 0.15) is 29.8 Å². The lowest BCUT2D eigenvalue weighted by atomic mass is 10.1. The van der Waals surface area contributed by atoms with Gasteiger partial charge in [0.15, 0.2) is 0 Å². The van der Waals surface area contributed by atoms with Crippen LogP contribution in [0.25, 0.3) is 6.08 Å². The predicted octanol–water partition coefficient (Wildman–Crippen LogP) is 4.24. The van der Waals surface area contributed by atoms with Crippen molar-refractivity contribution >= 4 is 35.2 Å². The van der Waals surface area contributed by atoms with E-state index in [0.29, 0.717) is 41.6 Å². The lowest BCUT2D eigenvalue weighted by molar-refractivity contribution is -0.112. The highest BCUT2D eigenvalue weighted by Crippen LogP contribution is 2.17. The molecule has 1 atom stereocenters. The summed E-state index contributed by atoms with van der Waals surface area (Å²) in [4.78, 5) is 26.9. The van der Waals surface area contributed by atoms with Gasteiger partial charge >= 0.3 is 0 Å². The molecule has 0 radical (unpaired) electrons. The summed E-state index contributed by atoms with van der Waals surface area (Å²) in [5, 5.41) is 3.50. The normalized spacial score (nSPS) is 17.3. The molecule has 1 aliphatic rings. The molecule has 1 unspecified atom stereocenters. The molecule has 1 fully saturated rings. The summed E-state index contributed by atoms with van der Waals surface area (Å²) in [5.41, 5.74) is 2.71. The first-order valence-corrected chi connectivity index (χ1v) is 9.56. The van der Waals surface area contributed by atoms with Gasteiger partial charge in [-0.05, 0) is 61.9 Å². The highest BCUT2D eigenvalue weighted by Gasteiger charge is 2.24. The number of ether oxygens (including phenoxy) is 1. The number of rotatable bonds is 4. The fourth-order valence-electron chi connectivity index (χ4n) is 3.00. The molecule has 6 heteroatoms. The zero-order chi connectivity index (χ0) is 20.1. The molecule has 1 N–H and O–H groups in total. The summed E-state index contributed by atoms with van der Waals surface area (Å²) in [6.07, 6.45) is 1.80. The minimum Gasteiger partial charge on any atom is -0.377 e. The summed E-state index contributed by atoms with van der Waals surface area (Å²) in [5.74, 6) is -0.219. The van der Waals surface area contributed by atoms with Crippen LogP contribution in [0.3, 0.4) is 0 Å². The Morgan fingerprint density at radius 2 is 1.82 bits per heavy atom. The molecule has 1 saturated heterocycles. The molecule has 3 rings (SSSR count). The molecule has 5 nitrogen and oxygen atoms in total. The molecule has 146 valence electrons. The second-order valence-corrected chi connectivity index (χ2v) is 7.27. The lowest BCUT2D eigenvalue weighted by Crippen LogP contribution is -2.47. The topological polar surface area (TPSA) is 58.6 Å². The largest absolute Gasteiger partial charge is 0.377 e. The van der Waals surface area contributed by atoms with Gasteiger partial charge < -0.3 is 15.0 Å². The van der Waals surface area contributed by atoms with Gasteiger partial charge in [-0.15, -0.1) is 0 Å². The molecule has 2 aromatic carbocycles. The fourth-order valence-corrected chi connectivity index (χ4v) is 3.12. The number of amides is 2. The van der Waals surface area contributed by atoms with Crippen molar-refractivity contribution in [1.29, 1.82) is 0 Å². The van der Waals surface area contributed by atoms with Gasteiger partial charge in [0.25, 0.3) is 11.8 Å².